The Kier molecular flexibility index (Phi) is 8.99. The molecule has 0 radical (unpaired) electrons. The first-order chi connectivity index (χ1) is 19.3. The quantitative estimate of drug-likeness (QED) is 0.213. The monoisotopic (exact) mass is 597 g/mol. The van der Waals surface area contributed by atoms with Gasteiger partial charge in [-0.3, -0.25) is 4.79 Å². The lowest BCUT2D eigenvalue weighted by Gasteiger charge is -2.16. The van der Waals surface area contributed by atoms with Gasteiger partial charge < -0.3 is 9.47 Å². The van der Waals surface area contributed by atoms with Crippen molar-refractivity contribution in [1.29, 1.82) is 0 Å². The third-order valence-electron chi connectivity index (χ3n) is 6.07. The number of pyridine rings is 2. The number of hydrogen-bond acceptors (Lipinski definition) is 7. The van der Waals surface area contributed by atoms with Crippen molar-refractivity contribution in [3.8, 4) is 28.6 Å². The molecule has 218 valence electrons. The number of sulfonamides is 1. The van der Waals surface area contributed by atoms with Crippen molar-refractivity contribution in [2.75, 3.05) is 6.61 Å². The fourth-order valence-corrected chi connectivity index (χ4v) is 5.36. The van der Waals surface area contributed by atoms with Gasteiger partial charge in [-0.25, -0.2) is 14.7 Å². The summed E-state index contributed by atoms with van der Waals surface area (Å²) in [6.07, 6.45) is 0. The molecule has 0 aliphatic heterocycles. The lowest BCUT2D eigenvalue weighted by molar-refractivity contribution is 0.0978. The van der Waals surface area contributed by atoms with E-state index in [9.17, 15) is 13.2 Å². The maximum Gasteiger partial charge on any atom is 0.281 e. The molecule has 0 aliphatic carbocycles. The molecule has 2 aromatic carbocycles. The summed E-state index contributed by atoms with van der Waals surface area (Å²) in [5, 5.41) is 0.195. The second-order valence-electron chi connectivity index (χ2n) is 10.3. The number of carbonyl (C=O) groups excluding carboxylic acids is 1. The Morgan fingerprint density at radius 2 is 1.68 bits per heavy atom. The molecule has 0 saturated heterocycles. The Hall–Kier alpha value is -3.95. The van der Waals surface area contributed by atoms with Gasteiger partial charge in [0.05, 0.1) is 17.3 Å². The summed E-state index contributed by atoms with van der Waals surface area (Å²) < 4.78 is 40.1. The van der Waals surface area contributed by atoms with Gasteiger partial charge in [0, 0.05) is 14.1 Å². The molecule has 2 aromatic heterocycles. The zero-order chi connectivity index (χ0) is 29.9. The SMILES string of the molecule is Cc1cc(C)c(Oc2nc(-c3ccc(Cl)c(OCC(C)C)c3)ccc2C(=O)NS(=O)(=O)c2cccc(C)n2)c(C)c1.[HH].[HH]. The first-order valence-electron chi connectivity index (χ1n) is 13.0. The van der Waals surface area contributed by atoms with E-state index < -0.39 is 15.9 Å². The highest BCUT2D eigenvalue weighted by Gasteiger charge is 2.25. The van der Waals surface area contributed by atoms with Gasteiger partial charge in [0.2, 0.25) is 5.88 Å². The van der Waals surface area contributed by atoms with E-state index in [-0.39, 0.29) is 19.3 Å². The van der Waals surface area contributed by atoms with Gasteiger partial charge in [-0.1, -0.05) is 55.3 Å². The van der Waals surface area contributed by atoms with E-state index in [1.165, 1.54) is 12.1 Å². The van der Waals surface area contributed by atoms with Gasteiger partial charge in [-0.2, -0.15) is 8.42 Å². The molecule has 8 nitrogen and oxygen atoms in total. The number of nitrogens with one attached hydrogen (secondary N) is 1. The first kappa shape index (κ1) is 30.0. The molecule has 2 heterocycles. The highest BCUT2D eigenvalue weighted by molar-refractivity contribution is 7.90. The second-order valence-corrected chi connectivity index (χ2v) is 12.3. The van der Waals surface area contributed by atoms with Gasteiger partial charge in [-0.15, -0.1) is 0 Å². The van der Waals surface area contributed by atoms with Crippen molar-refractivity contribution < 1.29 is 25.5 Å². The van der Waals surface area contributed by atoms with Gasteiger partial charge in [-0.05, 0) is 81.1 Å². The van der Waals surface area contributed by atoms with Crippen molar-refractivity contribution >= 4 is 27.5 Å². The van der Waals surface area contributed by atoms with Gasteiger partial charge in [0.15, 0.2) is 5.03 Å². The molecule has 4 aromatic rings. The lowest BCUT2D eigenvalue weighted by atomic mass is 10.1. The van der Waals surface area contributed by atoms with E-state index in [1.54, 1.807) is 43.3 Å². The van der Waals surface area contributed by atoms with E-state index in [0.29, 0.717) is 46.0 Å². The zero-order valence-corrected chi connectivity index (χ0v) is 25.4. The van der Waals surface area contributed by atoms with Crippen molar-refractivity contribution in [1.82, 2.24) is 14.7 Å². The number of aryl methyl sites for hydroxylation is 4. The number of rotatable bonds is 9. The maximum absolute atomic E-state index is 13.4. The number of aromatic nitrogens is 2. The Bertz CT molecular complexity index is 1710. The van der Waals surface area contributed by atoms with Crippen LogP contribution in [-0.4, -0.2) is 30.9 Å². The molecular formula is C31H36ClN3O5S. The summed E-state index contributed by atoms with van der Waals surface area (Å²) in [5.41, 5.74) is 4.34. The van der Waals surface area contributed by atoms with Gasteiger partial charge in [0.1, 0.15) is 17.1 Å². The summed E-state index contributed by atoms with van der Waals surface area (Å²) >= 11 is 6.36. The highest BCUT2D eigenvalue weighted by atomic mass is 35.5. The van der Waals surface area contributed by atoms with Crippen LogP contribution < -0.4 is 14.2 Å². The smallest absolute Gasteiger partial charge is 0.281 e. The van der Waals surface area contributed by atoms with Crippen LogP contribution in [0.15, 0.2) is 65.7 Å². The largest absolute Gasteiger partial charge is 0.492 e. The topological polar surface area (TPSA) is 107 Å². The molecule has 0 bridgehead atoms. The van der Waals surface area contributed by atoms with Crippen LogP contribution in [0, 0.1) is 33.6 Å². The van der Waals surface area contributed by atoms with Crippen molar-refractivity contribution in [2.45, 2.75) is 46.6 Å². The van der Waals surface area contributed by atoms with E-state index >= 15 is 0 Å². The maximum atomic E-state index is 13.4. The van der Waals surface area contributed by atoms with E-state index in [2.05, 4.69) is 14.7 Å². The van der Waals surface area contributed by atoms with Gasteiger partial charge in [0.25, 0.3) is 15.9 Å². The minimum atomic E-state index is -4.25. The zero-order valence-electron chi connectivity index (χ0n) is 23.8. The van der Waals surface area contributed by atoms with Crippen LogP contribution in [0.1, 0.15) is 49.4 Å². The number of nitrogens with zero attached hydrogens (tertiary/aromatic N) is 2. The molecule has 41 heavy (non-hydrogen) atoms. The van der Waals surface area contributed by atoms with Crippen molar-refractivity contribution in [3.05, 3.63) is 93.6 Å². The molecule has 1 amide bonds. The minimum absolute atomic E-state index is 0. The summed E-state index contributed by atoms with van der Waals surface area (Å²) in [7, 11) is -4.25. The minimum Gasteiger partial charge on any atom is -0.492 e. The van der Waals surface area contributed by atoms with Crippen LogP contribution in [0.4, 0.5) is 0 Å². The normalized spacial score (nSPS) is 11.4. The first-order valence-corrected chi connectivity index (χ1v) is 14.9. The highest BCUT2D eigenvalue weighted by Crippen LogP contribution is 2.35. The van der Waals surface area contributed by atoms with E-state index in [0.717, 1.165) is 16.7 Å². The van der Waals surface area contributed by atoms with Crippen LogP contribution in [0.5, 0.6) is 17.4 Å². The predicted octanol–water partition coefficient (Wildman–Crippen LogP) is 7.47. The van der Waals surface area contributed by atoms with Crippen LogP contribution >= 0.6 is 11.6 Å². The van der Waals surface area contributed by atoms with Crippen LogP contribution in [0.3, 0.4) is 0 Å². The molecule has 0 aliphatic rings. The number of amides is 1. The van der Waals surface area contributed by atoms with Crippen LogP contribution in [-0.2, 0) is 10.0 Å². The Balaban J connectivity index is 0.00000323. The lowest BCUT2D eigenvalue weighted by Crippen LogP contribution is -2.31. The summed E-state index contributed by atoms with van der Waals surface area (Å²) in [6.45, 7) is 12.0. The Morgan fingerprint density at radius 3 is 2.34 bits per heavy atom. The summed E-state index contributed by atoms with van der Waals surface area (Å²) in [6, 6.07) is 16.8. The Morgan fingerprint density at radius 1 is 0.976 bits per heavy atom. The molecule has 1 N–H and O–H groups in total. The Labute approximate surface area is 248 Å². The molecule has 0 atom stereocenters. The average Bonchev–Trinajstić information content (AvgIpc) is 2.89. The molecule has 0 saturated carbocycles. The molecule has 4 rings (SSSR count). The predicted molar refractivity (Wildman–Crippen MR) is 164 cm³/mol. The standard InChI is InChI=1S/C31H32ClN3O5S.2H2/c1-18(2)17-39-27-16-23(10-12-25(27)32)26-13-11-24(30(36)35-41(37,38)28-9-7-8-22(6)33-28)31(34-26)40-29-20(4)14-19(3)15-21(29)5;;/h7-16,18H,17H2,1-6H3,(H,35,36);2*1H. The molecule has 0 unspecified atom stereocenters. The molecule has 0 spiro atoms. The summed E-state index contributed by atoms with van der Waals surface area (Å²) in [4.78, 5) is 22.1. The third-order valence-corrected chi connectivity index (χ3v) is 7.62. The molecular weight excluding hydrogens is 562 g/mol. The fraction of sp³-hybridized carbons (Fsp3) is 0.258. The fourth-order valence-electron chi connectivity index (χ4n) is 4.20. The van der Waals surface area contributed by atoms with E-state index in [4.69, 9.17) is 21.1 Å². The van der Waals surface area contributed by atoms with Crippen LogP contribution in [0.2, 0.25) is 5.02 Å². The molecule has 0 fully saturated rings. The number of ether oxygens (including phenoxy) is 2. The van der Waals surface area contributed by atoms with Gasteiger partial charge >= 0.3 is 0 Å². The van der Waals surface area contributed by atoms with Crippen LogP contribution in [0.25, 0.3) is 11.3 Å². The number of halogens is 1. The number of benzene rings is 2. The van der Waals surface area contributed by atoms with Crippen molar-refractivity contribution in [2.24, 2.45) is 5.92 Å². The van der Waals surface area contributed by atoms with Crippen molar-refractivity contribution in [3.63, 3.8) is 0 Å². The third kappa shape index (κ3) is 7.23. The average molecular weight is 598 g/mol. The van der Waals surface area contributed by atoms with E-state index in [1.807, 2.05) is 46.8 Å². The number of carbonyl (C=O) groups is 1. The number of hydrogen-bond donors (Lipinski definition) is 1. The molecule has 10 heteroatoms. The second kappa shape index (κ2) is 12.3. The summed E-state index contributed by atoms with van der Waals surface area (Å²) in [5.74, 6) is 0.377.